The zero-order chi connectivity index (χ0) is 21.1. The summed E-state index contributed by atoms with van der Waals surface area (Å²) in [6.07, 6.45) is 3.55. The summed E-state index contributed by atoms with van der Waals surface area (Å²) in [6.45, 7) is 3.50. The van der Waals surface area contributed by atoms with Crippen molar-refractivity contribution in [3.8, 4) is 5.69 Å². The zero-order valence-corrected chi connectivity index (χ0v) is 16.7. The Morgan fingerprint density at radius 1 is 1.10 bits per heavy atom. The van der Waals surface area contributed by atoms with Crippen molar-refractivity contribution in [3.63, 3.8) is 0 Å². The van der Waals surface area contributed by atoms with Crippen molar-refractivity contribution in [3.05, 3.63) is 77.7 Å². The molecule has 0 radical (unpaired) electrons. The molecule has 1 fully saturated rings. The highest BCUT2D eigenvalue weighted by molar-refractivity contribution is 6.08. The van der Waals surface area contributed by atoms with Crippen LogP contribution in [0.2, 0.25) is 0 Å². The summed E-state index contributed by atoms with van der Waals surface area (Å²) < 4.78 is 14.8. The molecule has 1 unspecified atom stereocenters. The molecule has 1 N–H and O–H groups in total. The number of amides is 2. The maximum absolute atomic E-state index is 13.2. The Bertz CT molecular complexity index is 1050. The fourth-order valence-corrected chi connectivity index (χ4v) is 3.72. The van der Waals surface area contributed by atoms with E-state index >= 15 is 0 Å². The van der Waals surface area contributed by atoms with Crippen LogP contribution in [0.25, 0.3) is 5.69 Å². The van der Waals surface area contributed by atoms with Crippen molar-refractivity contribution in [2.24, 2.45) is 5.92 Å². The molecule has 2 heterocycles. The average Bonchev–Trinajstić information content (AvgIpc) is 3.17. The van der Waals surface area contributed by atoms with Crippen molar-refractivity contribution in [2.75, 3.05) is 18.4 Å². The molecule has 1 aromatic heterocycles. The quantitative estimate of drug-likeness (QED) is 0.708. The van der Waals surface area contributed by atoms with Gasteiger partial charge in [0.25, 0.3) is 11.8 Å². The van der Waals surface area contributed by atoms with Crippen LogP contribution in [0.3, 0.4) is 0 Å². The lowest BCUT2D eigenvalue weighted by atomic mass is 10.00. The van der Waals surface area contributed by atoms with E-state index in [9.17, 15) is 14.0 Å². The largest absolute Gasteiger partial charge is 0.338 e. The number of benzene rings is 2. The van der Waals surface area contributed by atoms with Crippen LogP contribution in [0.4, 0.5) is 10.2 Å². The number of nitrogens with zero attached hydrogens (tertiary/aromatic N) is 3. The average molecular weight is 406 g/mol. The van der Waals surface area contributed by atoms with Crippen LogP contribution in [-0.4, -0.2) is 39.6 Å². The molecule has 6 nitrogen and oxygen atoms in total. The topological polar surface area (TPSA) is 67.2 Å². The molecule has 1 saturated heterocycles. The second kappa shape index (κ2) is 8.49. The Labute approximate surface area is 174 Å². The van der Waals surface area contributed by atoms with Gasteiger partial charge in [0.05, 0.1) is 11.9 Å². The summed E-state index contributed by atoms with van der Waals surface area (Å²) >= 11 is 0. The van der Waals surface area contributed by atoms with E-state index in [1.54, 1.807) is 4.68 Å². The van der Waals surface area contributed by atoms with Gasteiger partial charge >= 0.3 is 0 Å². The van der Waals surface area contributed by atoms with Crippen molar-refractivity contribution in [1.82, 2.24) is 14.7 Å². The van der Waals surface area contributed by atoms with E-state index < -0.39 is 11.7 Å². The fraction of sp³-hybridized carbons (Fsp3) is 0.261. The number of hydrogen-bond acceptors (Lipinski definition) is 3. The normalized spacial score (nSPS) is 16.3. The molecule has 3 aromatic rings. The van der Waals surface area contributed by atoms with Gasteiger partial charge in [0.15, 0.2) is 0 Å². The Kier molecular flexibility index (Phi) is 5.61. The summed E-state index contributed by atoms with van der Waals surface area (Å²) in [6, 6.07) is 14.5. The summed E-state index contributed by atoms with van der Waals surface area (Å²) in [7, 11) is 0. The van der Waals surface area contributed by atoms with E-state index in [0.29, 0.717) is 36.0 Å². The molecule has 154 valence electrons. The molecule has 1 atom stereocenters. The number of para-hydroxylation sites is 1. The maximum atomic E-state index is 13.2. The summed E-state index contributed by atoms with van der Waals surface area (Å²) in [5.74, 6) is -0.272. The van der Waals surface area contributed by atoms with Crippen LogP contribution in [0, 0.1) is 11.7 Å². The Morgan fingerprint density at radius 2 is 1.83 bits per heavy atom. The first kappa shape index (κ1) is 19.8. The van der Waals surface area contributed by atoms with Gasteiger partial charge in [-0.15, -0.1) is 0 Å². The lowest BCUT2D eigenvalue weighted by Crippen LogP contribution is -2.39. The number of nitrogens with one attached hydrogen (secondary N) is 1. The number of rotatable bonds is 4. The summed E-state index contributed by atoms with van der Waals surface area (Å²) in [4.78, 5) is 27.9. The molecular formula is C23H23FN4O2. The number of aromatic nitrogens is 2. The third-order valence-corrected chi connectivity index (χ3v) is 5.28. The highest BCUT2D eigenvalue weighted by Crippen LogP contribution is 2.25. The summed E-state index contributed by atoms with van der Waals surface area (Å²) in [5, 5.41) is 7.19. The molecule has 0 bridgehead atoms. The minimum atomic E-state index is -0.436. The zero-order valence-electron chi connectivity index (χ0n) is 16.7. The van der Waals surface area contributed by atoms with E-state index in [0.717, 1.165) is 18.5 Å². The number of halogens is 1. The molecule has 4 rings (SSSR count). The Hall–Kier alpha value is -3.48. The van der Waals surface area contributed by atoms with Crippen molar-refractivity contribution >= 4 is 17.6 Å². The number of piperidine rings is 1. The van der Waals surface area contributed by atoms with Crippen molar-refractivity contribution in [2.45, 2.75) is 19.8 Å². The number of carbonyl (C=O) groups excluding carboxylic acids is 2. The number of anilines is 1. The number of hydrogen-bond donors (Lipinski definition) is 1. The van der Waals surface area contributed by atoms with Crippen molar-refractivity contribution in [1.29, 1.82) is 0 Å². The Balaban J connectivity index is 1.70. The standard InChI is InChI=1S/C23H23FN4O2/c1-16-6-5-13-27(15-16)23(30)20-14-25-28(19-7-3-2-4-8-19)21(20)26-22(29)17-9-11-18(24)12-10-17/h2-4,7-12,14,16H,5-6,13,15H2,1H3,(H,26,29). The van der Waals surface area contributed by atoms with Gasteiger partial charge in [-0.05, 0) is 55.2 Å². The minimum absolute atomic E-state index is 0.155. The smallest absolute Gasteiger partial charge is 0.259 e. The van der Waals surface area contributed by atoms with Gasteiger partial charge in [0.2, 0.25) is 0 Å². The molecule has 2 aromatic carbocycles. The second-order valence-corrected chi connectivity index (χ2v) is 7.61. The van der Waals surface area contributed by atoms with E-state index in [1.165, 1.54) is 30.5 Å². The molecule has 2 amide bonds. The van der Waals surface area contributed by atoms with Crippen LogP contribution in [0.1, 0.15) is 40.5 Å². The molecule has 7 heteroatoms. The van der Waals surface area contributed by atoms with Crippen LogP contribution >= 0.6 is 0 Å². The van der Waals surface area contributed by atoms with E-state index in [1.807, 2.05) is 35.2 Å². The number of carbonyl (C=O) groups is 2. The van der Waals surface area contributed by atoms with E-state index in [4.69, 9.17) is 0 Å². The lowest BCUT2D eigenvalue weighted by molar-refractivity contribution is 0.0684. The maximum Gasteiger partial charge on any atom is 0.259 e. The second-order valence-electron chi connectivity index (χ2n) is 7.61. The van der Waals surface area contributed by atoms with Gasteiger partial charge < -0.3 is 10.2 Å². The Morgan fingerprint density at radius 3 is 2.53 bits per heavy atom. The third kappa shape index (κ3) is 4.10. The molecule has 30 heavy (non-hydrogen) atoms. The third-order valence-electron chi connectivity index (χ3n) is 5.28. The predicted molar refractivity (Wildman–Crippen MR) is 112 cm³/mol. The first-order valence-electron chi connectivity index (χ1n) is 10.0. The van der Waals surface area contributed by atoms with Gasteiger partial charge in [-0.3, -0.25) is 9.59 Å². The molecule has 0 saturated carbocycles. The fourth-order valence-electron chi connectivity index (χ4n) is 3.72. The van der Waals surface area contributed by atoms with Crippen LogP contribution < -0.4 is 5.32 Å². The first-order valence-corrected chi connectivity index (χ1v) is 10.0. The summed E-state index contributed by atoms with van der Waals surface area (Å²) in [5.41, 5.74) is 1.35. The highest BCUT2D eigenvalue weighted by Gasteiger charge is 2.27. The van der Waals surface area contributed by atoms with Gasteiger partial charge in [-0.25, -0.2) is 9.07 Å². The molecule has 1 aliphatic heterocycles. The predicted octanol–water partition coefficient (Wildman–Crippen LogP) is 4.14. The molecule has 1 aliphatic rings. The van der Waals surface area contributed by atoms with E-state index in [2.05, 4.69) is 17.3 Å². The molecule has 0 spiro atoms. The number of likely N-dealkylation sites (tertiary alicyclic amines) is 1. The van der Waals surface area contributed by atoms with Gasteiger partial charge in [0.1, 0.15) is 17.2 Å². The van der Waals surface area contributed by atoms with Gasteiger partial charge in [-0.2, -0.15) is 5.10 Å². The SMILES string of the molecule is CC1CCCN(C(=O)c2cnn(-c3ccccc3)c2NC(=O)c2ccc(F)cc2)C1. The van der Waals surface area contributed by atoms with E-state index in [-0.39, 0.29) is 5.91 Å². The van der Waals surface area contributed by atoms with Crippen LogP contribution in [0.15, 0.2) is 60.8 Å². The highest BCUT2D eigenvalue weighted by atomic mass is 19.1. The lowest BCUT2D eigenvalue weighted by Gasteiger charge is -2.30. The van der Waals surface area contributed by atoms with Crippen molar-refractivity contribution < 1.29 is 14.0 Å². The first-order chi connectivity index (χ1) is 14.5. The minimum Gasteiger partial charge on any atom is -0.338 e. The van der Waals surface area contributed by atoms with Crippen LogP contribution in [0.5, 0.6) is 0 Å². The molecular weight excluding hydrogens is 383 g/mol. The van der Waals surface area contributed by atoms with Gasteiger partial charge in [0, 0.05) is 18.7 Å². The van der Waals surface area contributed by atoms with Crippen LogP contribution in [-0.2, 0) is 0 Å². The monoisotopic (exact) mass is 406 g/mol. The van der Waals surface area contributed by atoms with Gasteiger partial charge in [-0.1, -0.05) is 25.1 Å². The molecule has 0 aliphatic carbocycles.